The summed E-state index contributed by atoms with van der Waals surface area (Å²) in [4.78, 5) is 27.2. The number of nitrogens with zero attached hydrogens (tertiary/aromatic N) is 1. The van der Waals surface area contributed by atoms with Gasteiger partial charge in [-0.1, -0.05) is 38.1 Å². The van der Waals surface area contributed by atoms with Crippen molar-refractivity contribution < 1.29 is 52.1 Å². The van der Waals surface area contributed by atoms with Gasteiger partial charge >= 0.3 is 29.6 Å². The Balaban J connectivity index is 0.00000648. The molecule has 0 spiro atoms. The van der Waals surface area contributed by atoms with Crippen molar-refractivity contribution in [3.8, 4) is 0 Å². The fourth-order valence-electron chi connectivity index (χ4n) is 4.69. The molecule has 0 aromatic heterocycles. The van der Waals surface area contributed by atoms with Gasteiger partial charge in [-0.2, -0.15) is 0 Å². The van der Waals surface area contributed by atoms with E-state index >= 15 is 0 Å². The van der Waals surface area contributed by atoms with Crippen LogP contribution in [-0.2, 0) is 26.3 Å². The third-order valence-electron chi connectivity index (χ3n) is 6.62. The van der Waals surface area contributed by atoms with E-state index in [2.05, 4.69) is 39.8 Å². The molecule has 12 heteroatoms. The first kappa shape index (κ1) is 36.3. The molecule has 0 aliphatic carbocycles. The molecule has 9 nitrogen and oxygen atoms in total. The van der Waals surface area contributed by atoms with Gasteiger partial charge in [-0.25, -0.2) is 8.42 Å². The van der Waals surface area contributed by atoms with Gasteiger partial charge in [0.15, 0.2) is 0 Å². The zero-order valence-corrected chi connectivity index (χ0v) is 26.4. The van der Waals surface area contributed by atoms with Crippen LogP contribution in [0.2, 0.25) is 0 Å². The van der Waals surface area contributed by atoms with Gasteiger partial charge in [0.05, 0.1) is 15.9 Å². The minimum atomic E-state index is -4.49. The van der Waals surface area contributed by atoms with Crippen LogP contribution in [0.3, 0.4) is 0 Å². The summed E-state index contributed by atoms with van der Waals surface area (Å²) >= 11 is 0. The maximum absolute atomic E-state index is 12.9. The molecular formula is C25H42ClN4NaO5S. The van der Waals surface area contributed by atoms with Crippen LogP contribution in [-0.4, -0.2) is 67.2 Å². The summed E-state index contributed by atoms with van der Waals surface area (Å²) in [6, 6.07) is 8.33. The van der Waals surface area contributed by atoms with Gasteiger partial charge in [0.1, 0.15) is 0 Å². The molecular weight excluding hydrogens is 527 g/mol. The molecule has 3 unspecified atom stereocenters. The normalized spacial score (nSPS) is 17.0. The van der Waals surface area contributed by atoms with Crippen molar-refractivity contribution in [2.75, 3.05) is 31.9 Å². The number of carbonyl (C=O) groups excluding carboxylic acids is 2. The predicted octanol–water partition coefficient (Wildman–Crippen LogP) is -1.03. The standard InChI is InChI=1S/C25H42N4O5S.ClH.Na/c1-5-20(23(26)30)15-22(14-18(2)24(31)28-25(3,4)17-35(32,33)34)21-8-6-19(7-9-21)16-29-12-10-27-11-13-29;;/h6-9,18,20,22,27H,5,10-17H2,1-4H3,(H2,26,30)(H,28,31)(H,32,33,34);1H;/q;;+1/p-1. The van der Waals surface area contributed by atoms with Crippen molar-refractivity contribution in [3.63, 3.8) is 0 Å². The Labute approximate surface area is 250 Å². The number of rotatable bonds is 13. The van der Waals surface area contributed by atoms with E-state index in [1.54, 1.807) is 6.92 Å². The number of halogens is 1. The minimum Gasteiger partial charge on any atom is -0.748 e. The van der Waals surface area contributed by atoms with E-state index in [4.69, 9.17) is 5.73 Å². The number of hydrogen-bond donors (Lipinski definition) is 3. The first-order valence-electron chi connectivity index (χ1n) is 12.4. The quantitative estimate of drug-likeness (QED) is 0.204. The predicted molar refractivity (Wildman–Crippen MR) is 143 cm³/mol. The second-order valence-electron chi connectivity index (χ2n) is 10.4. The fourth-order valence-corrected chi connectivity index (χ4v) is 5.64. The monoisotopic (exact) mass is 568 g/mol. The molecule has 1 aliphatic rings. The van der Waals surface area contributed by atoms with Crippen LogP contribution < -0.4 is 45.9 Å². The number of primary amides is 1. The third-order valence-corrected chi connectivity index (χ3v) is 7.69. The maximum atomic E-state index is 12.9. The second-order valence-corrected chi connectivity index (χ2v) is 11.8. The molecule has 0 radical (unpaired) electrons. The van der Waals surface area contributed by atoms with Crippen molar-refractivity contribution in [1.29, 1.82) is 0 Å². The van der Waals surface area contributed by atoms with E-state index in [-0.39, 0.29) is 65.6 Å². The van der Waals surface area contributed by atoms with Crippen LogP contribution in [0.5, 0.6) is 0 Å². The molecule has 2 amide bonds. The number of nitrogens with one attached hydrogen (secondary N) is 2. The topological polar surface area (TPSA) is 145 Å². The first-order chi connectivity index (χ1) is 16.3. The van der Waals surface area contributed by atoms with Crippen LogP contribution in [0.1, 0.15) is 64.0 Å². The molecule has 0 bridgehead atoms. The van der Waals surface area contributed by atoms with Crippen LogP contribution in [0, 0.1) is 11.8 Å². The van der Waals surface area contributed by atoms with Gasteiger partial charge in [-0.3, -0.25) is 14.5 Å². The number of hydrogen-bond acceptors (Lipinski definition) is 7. The Morgan fingerprint density at radius 1 is 1.16 bits per heavy atom. The fraction of sp³-hybridized carbons (Fsp3) is 0.680. The summed E-state index contributed by atoms with van der Waals surface area (Å²) in [6.07, 6.45) is 1.60. The molecule has 1 aromatic carbocycles. The van der Waals surface area contributed by atoms with Crippen molar-refractivity contribution in [1.82, 2.24) is 15.5 Å². The van der Waals surface area contributed by atoms with E-state index in [0.717, 1.165) is 38.3 Å². The Bertz CT molecular complexity index is 956. The summed E-state index contributed by atoms with van der Waals surface area (Å²) < 4.78 is 33.5. The second kappa shape index (κ2) is 16.4. The van der Waals surface area contributed by atoms with E-state index in [9.17, 15) is 22.6 Å². The van der Waals surface area contributed by atoms with Crippen LogP contribution in [0.4, 0.5) is 0 Å². The number of carbonyl (C=O) groups is 2. The molecule has 1 aromatic rings. The first-order valence-corrected chi connectivity index (χ1v) is 13.9. The number of piperazine rings is 1. The van der Waals surface area contributed by atoms with E-state index in [1.807, 2.05) is 6.92 Å². The van der Waals surface area contributed by atoms with Crippen molar-refractivity contribution in [2.24, 2.45) is 17.6 Å². The largest absolute Gasteiger partial charge is 1.00 e. The molecule has 1 aliphatic heterocycles. The van der Waals surface area contributed by atoms with Crippen molar-refractivity contribution >= 4 is 34.3 Å². The SMILES string of the molecule is CCC(CC(CC(C)C(=O)NC(C)(C)CS(=O)(=O)[O-])c1ccc(CN2CCNCC2)cc1)C(N)=O.Cl.[Na+]. The maximum Gasteiger partial charge on any atom is 1.00 e. The third kappa shape index (κ3) is 13.3. The van der Waals surface area contributed by atoms with Gasteiger partial charge in [0.2, 0.25) is 11.8 Å². The summed E-state index contributed by atoms with van der Waals surface area (Å²) in [5, 5.41) is 6.05. The molecule has 1 fully saturated rings. The minimum absolute atomic E-state index is 0. The Morgan fingerprint density at radius 3 is 2.22 bits per heavy atom. The van der Waals surface area contributed by atoms with Gasteiger partial charge in [0.25, 0.3) is 0 Å². The number of benzene rings is 1. The van der Waals surface area contributed by atoms with Crippen molar-refractivity contribution in [3.05, 3.63) is 35.4 Å². The van der Waals surface area contributed by atoms with Crippen LogP contribution >= 0.6 is 12.4 Å². The Kier molecular flexibility index (Phi) is 16.1. The van der Waals surface area contributed by atoms with E-state index in [0.29, 0.717) is 19.3 Å². The van der Waals surface area contributed by atoms with Gasteiger partial charge in [0, 0.05) is 50.1 Å². The Hall–Kier alpha value is -0.720. The van der Waals surface area contributed by atoms with Crippen LogP contribution in [0.25, 0.3) is 0 Å². The molecule has 1 heterocycles. The van der Waals surface area contributed by atoms with E-state index in [1.165, 1.54) is 19.4 Å². The molecule has 1 saturated heterocycles. The van der Waals surface area contributed by atoms with Gasteiger partial charge < -0.3 is 20.9 Å². The zero-order valence-electron chi connectivity index (χ0n) is 22.8. The zero-order chi connectivity index (χ0) is 26.2. The molecule has 2 rings (SSSR count). The van der Waals surface area contributed by atoms with Gasteiger partial charge in [-0.15, -0.1) is 12.4 Å². The summed E-state index contributed by atoms with van der Waals surface area (Å²) in [6.45, 7) is 11.6. The molecule has 206 valence electrons. The van der Waals surface area contributed by atoms with E-state index < -0.39 is 27.3 Å². The molecule has 4 N–H and O–H groups in total. The average Bonchev–Trinajstić information content (AvgIpc) is 2.75. The summed E-state index contributed by atoms with van der Waals surface area (Å²) in [5.41, 5.74) is 6.69. The average molecular weight is 569 g/mol. The Morgan fingerprint density at radius 2 is 1.73 bits per heavy atom. The number of nitrogens with two attached hydrogens (primary N) is 1. The number of amides is 2. The smallest absolute Gasteiger partial charge is 0.748 e. The summed E-state index contributed by atoms with van der Waals surface area (Å²) in [7, 11) is -4.49. The molecule has 37 heavy (non-hydrogen) atoms. The molecule has 3 atom stereocenters. The molecule has 0 saturated carbocycles. The van der Waals surface area contributed by atoms with Gasteiger partial charge in [-0.05, 0) is 50.2 Å². The van der Waals surface area contributed by atoms with Crippen LogP contribution in [0.15, 0.2) is 24.3 Å². The summed E-state index contributed by atoms with van der Waals surface area (Å²) in [5.74, 6) is -2.21. The van der Waals surface area contributed by atoms with Crippen molar-refractivity contribution in [2.45, 2.75) is 65.0 Å².